The van der Waals surface area contributed by atoms with Crippen molar-refractivity contribution in [3.63, 3.8) is 0 Å². The predicted octanol–water partition coefficient (Wildman–Crippen LogP) is 2.26. The first kappa shape index (κ1) is 20.2. The zero-order valence-electron chi connectivity index (χ0n) is 16.6. The summed E-state index contributed by atoms with van der Waals surface area (Å²) in [5.74, 6) is -0.603. The number of aromatic nitrogens is 1. The molecule has 3 aromatic rings. The fourth-order valence-electron chi connectivity index (χ4n) is 3.63. The summed E-state index contributed by atoms with van der Waals surface area (Å²) in [6.45, 7) is 2.91. The molecule has 8 nitrogen and oxygen atoms in total. The smallest absolute Gasteiger partial charge is 0.408 e. The van der Waals surface area contributed by atoms with Gasteiger partial charge in [-0.15, -0.1) is 0 Å². The summed E-state index contributed by atoms with van der Waals surface area (Å²) in [5.41, 5.74) is 3.20. The lowest BCUT2D eigenvalue weighted by molar-refractivity contribution is 0.0952. The van der Waals surface area contributed by atoms with E-state index in [0.29, 0.717) is 35.3 Å². The molecule has 30 heavy (non-hydrogen) atoms. The second-order valence-electron chi connectivity index (χ2n) is 7.39. The topological polar surface area (TPSA) is 102 Å². The van der Waals surface area contributed by atoms with Crippen molar-refractivity contribution >= 4 is 32.7 Å². The van der Waals surface area contributed by atoms with Crippen LogP contribution in [0.2, 0.25) is 0 Å². The van der Waals surface area contributed by atoms with E-state index in [1.54, 1.807) is 30.3 Å². The van der Waals surface area contributed by atoms with E-state index in [9.17, 15) is 18.0 Å². The van der Waals surface area contributed by atoms with Crippen LogP contribution in [0.25, 0.3) is 11.1 Å². The number of aryl methyl sites for hydroxylation is 1. The maximum Gasteiger partial charge on any atom is 0.420 e. The molecule has 1 aromatic heterocycles. The number of nitrogens with zero attached hydrogens (tertiary/aromatic N) is 2. The molecular weight excluding hydrogens is 406 g/mol. The third kappa shape index (κ3) is 3.97. The van der Waals surface area contributed by atoms with Crippen LogP contribution in [0.15, 0.2) is 51.7 Å². The zero-order chi connectivity index (χ0) is 21.3. The molecule has 0 unspecified atom stereocenters. The average Bonchev–Trinajstić information content (AvgIpc) is 3.02. The van der Waals surface area contributed by atoms with Gasteiger partial charge in [-0.25, -0.2) is 13.2 Å². The van der Waals surface area contributed by atoms with Gasteiger partial charge in [-0.2, -0.15) is 0 Å². The molecule has 1 N–H and O–H groups in total. The fraction of sp³-hybridized carbons (Fsp3) is 0.333. The maximum absolute atomic E-state index is 12.4. The van der Waals surface area contributed by atoms with Crippen molar-refractivity contribution in [2.24, 2.45) is 0 Å². The molecule has 0 saturated carbocycles. The number of carbonyl (C=O) groups is 1. The normalized spacial score (nSPS) is 16.0. The molecule has 0 bridgehead atoms. The number of sulfonamides is 1. The Morgan fingerprint density at radius 3 is 2.63 bits per heavy atom. The van der Waals surface area contributed by atoms with Gasteiger partial charge >= 0.3 is 5.76 Å². The van der Waals surface area contributed by atoms with Crippen LogP contribution >= 0.6 is 0 Å². The molecule has 0 radical (unpaired) electrons. The van der Waals surface area contributed by atoms with Crippen LogP contribution < -0.4 is 15.4 Å². The number of benzene rings is 2. The van der Waals surface area contributed by atoms with Crippen LogP contribution in [0.3, 0.4) is 0 Å². The molecule has 2 heterocycles. The van der Waals surface area contributed by atoms with Crippen molar-refractivity contribution < 1.29 is 17.6 Å². The summed E-state index contributed by atoms with van der Waals surface area (Å²) < 4.78 is 32.5. The van der Waals surface area contributed by atoms with E-state index < -0.39 is 15.8 Å². The van der Waals surface area contributed by atoms with E-state index in [1.165, 1.54) is 8.87 Å². The lowest BCUT2D eigenvalue weighted by Crippen LogP contribution is -2.37. The van der Waals surface area contributed by atoms with Gasteiger partial charge in [-0.3, -0.25) is 13.7 Å². The first-order valence-electron chi connectivity index (χ1n) is 9.84. The molecule has 0 atom stereocenters. The van der Waals surface area contributed by atoms with Crippen LogP contribution in [-0.2, 0) is 16.6 Å². The Kier molecular flexibility index (Phi) is 5.38. The molecule has 9 heteroatoms. The summed E-state index contributed by atoms with van der Waals surface area (Å²) in [4.78, 5) is 24.5. The molecule has 1 aliphatic heterocycles. The summed E-state index contributed by atoms with van der Waals surface area (Å²) in [6, 6.07) is 12.0. The summed E-state index contributed by atoms with van der Waals surface area (Å²) in [7, 11) is -3.28. The van der Waals surface area contributed by atoms with Crippen LogP contribution in [0.5, 0.6) is 0 Å². The Balaban J connectivity index is 1.40. The van der Waals surface area contributed by atoms with Gasteiger partial charge < -0.3 is 9.73 Å². The number of hydrogen-bond acceptors (Lipinski definition) is 5. The van der Waals surface area contributed by atoms with Crippen molar-refractivity contribution in [2.45, 2.75) is 26.3 Å². The third-order valence-corrected chi connectivity index (χ3v) is 7.08. The van der Waals surface area contributed by atoms with Gasteiger partial charge in [-0.1, -0.05) is 6.07 Å². The van der Waals surface area contributed by atoms with Crippen molar-refractivity contribution in [1.29, 1.82) is 0 Å². The van der Waals surface area contributed by atoms with E-state index in [0.717, 1.165) is 12.0 Å². The highest BCUT2D eigenvalue weighted by molar-refractivity contribution is 7.92. The predicted molar refractivity (Wildman–Crippen MR) is 114 cm³/mol. The number of fused-ring (bicyclic) bond motifs is 1. The van der Waals surface area contributed by atoms with Crippen molar-refractivity contribution in [3.05, 3.63) is 64.1 Å². The lowest BCUT2D eigenvalue weighted by Gasteiger charge is -2.28. The molecule has 158 valence electrons. The largest absolute Gasteiger partial charge is 0.420 e. The molecular formula is C21H23N3O5S. The monoisotopic (exact) mass is 429 g/mol. The highest BCUT2D eigenvalue weighted by Crippen LogP contribution is 2.23. The molecule has 0 spiro atoms. The highest BCUT2D eigenvalue weighted by atomic mass is 32.2. The van der Waals surface area contributed by atoms with Gasteiger partial charge in [0.2, 0.25) is 10.0 Å². The average molecular weight is 429 g/mol. The molecule has 2 aromatic carbocycles. The van der Waals surface area contributed by atoms with Crippen molar-refractivity contribution in [3.8, 4) is 0 Å². The maximum atomic E-state index is 12.4. The highest BCUT2D eigenvalue weighted by Gasteiger charge is 2.26. The minimum atomic E-state index is -3.28. The van der Waals surface area contributed by atoms with Gasteiger partial charge in [-0.05, 0) is 61.7 Å². The van der Waals surface area contributed by atoms with E-state index in [4.69, 9.17) is 4.42 Å². The van der Waals surface area contributed by atoms with Gasteiger partial charge in [0.25, 0.3) is 5.91 Å². The van der Waals surface area contributed by atoms with Crippen molar-refractivity contribution in [1.82, 2.24) is 9.88 Å². The van der Waals surface area contributed by atoms with E-state index in [2.05, 4.69) is 5.32 Å². The van der Waals surface area contributed by atoms with Gasteiger partial charge in [0.05, 0.1) is 17.0 Å². The van der Waals surface area contributed by atoms with Gasteiger partial charge in [0.15, 0.2) is 5.58 Å². The minimum Gasteiger partial charge on any atom is -0.408 e. The number of carbonyl (C=O) groups excluding carboxylic acids is 1. The Morgan fingerprint density at radius 1 is 1.13 bits per heavy atom. The van der Waals surface area contributed by atoms with E-state index >= 15 is 0 Å². The van der Waals surface area contributed by atoms with Crippen molar-refractivity contribution in [2.75, 3.05) is 23.1 Å². The van der Waals surface area contributed by atoms with E-state index in [1.807, 2.05) is 19.1 Å². The van der Waals surface area contributed by atoms with Gasteiger partial charge in [0.1, 0.15) is 0 Å². The molecule has 1 amide bonds. The summed E-state index contributed by atoms with van der Waals surface area (Å²) in [6.07, 6.45) is 1.50. The van der Waals surface area contributed by atoms with Crippen LogP contribution in [-0.4, -0.2) is 37.7 Å². The summed E-state index contributed by atoms with van der Waals surface area (Å²) >= 11 is 0. The second-order valence-corrected chi connectivity index (χ2v) is 9.40. The quantitative estimate of drug-likeness (QED) is 0.670. The number of rotatable bonds is 5. The standard InChI is InChI=1S/C21H23N3O5S/c1-15-4-9-18-19(14-15)29-21(26)23(18)12-10-22-20(25)16-5-7-17(8-6-16)24-11-2-3-13-30(24,27)28/h4-9,14H,2-3,10-13H2,1H3,(H,22,25). The molecule has 1 aliphatic rings. The van der Waals surface area contributed by atoms with Crippen LogP contribution in [0.4, 0.5) is 5.69 Å². The summed E-state index contributed by atoms with van der Waals surface area (Å²) in [5, 5.41) is 2.78. The second kappa shape index (κ2) is 7.98. The SMILES string of the molecule is Cc1ccc2c(c1)oc(=O)n2CCNC(=O)c1ccc(N2CCCCS2(=O)=O)cc1. The third-order valence-electron chi connectivity index (χ3n) is 5.21. The fourth-order valence-corrected chi connectivity index (χ4v) is 5.27. The number of oxazole rings is 1. The molecule has 4 rings (SSSR count). The molecule has 1 fully saturated rings. The van der Waals surface area contributed by atoms with E-state index in [-0.39, 0.29) is 24.7 Å². The van der Waals surface area contributed by atoms with Crippen LogP contribution in [0.1, 0.15) is 28.8 Å². The Labute approximate surface area is 174 Å². The minimum absolute atomic E-state index is 0.150. The Morgan fingerprint density at radius 2 is 1.90 bits per heavy atom. The molecule has 0 aliphatic carbocycles. The zero-order valence-corrected chi connectivity index (χ0v) is 17.4. The van der Waals surface area contributed by atoms with Crippen LogP contribution in [0, 0.1) is 6.92 Å². The lowest BCUT2D eigenvalue weighted by atomic mass is 10.2. The first-order valence-corrected chi connectivity index (χ1v) is 11.4. The number of amides is 1. The first-order chi connectivity index (χ1) is 14.3. The molecule has 1 saturated heterocycles. The number of hydrogen-bond donors (Lipinski definition) is 1. The Hall–Kier alpha value is -3.07. The number of anilines is 1. The van der Waals surface area contributed by atoms with Gasteiger partial charge in [0, 0.05) is 25.2 Å². The number of nitrogens with one attached hydrogen (secondary N) is 1. The Bertz CT molecular complexity index is 1240.